The quantitative estimate of drug-likeness (QED) is 0.582. The average Bonchev–Trinajstić information content (AvgIpc) is 2.01. The number of hydrogen-bond donors (Lipinski definition) is 0. The number of aromatic nitrogens is 1. The molecule has 1 heterocycles. The maximum atomic E-state index is 12.3. The van der Waals surface area contributed by atoms with Crippen molar-refractivity contribution in [2.45, 2.75) is 6.18 Å². The van der Waals surface area contributed by atoms with Gasteiger partial charge in [-0.25, -0.2) is 0 Å². The summed E-state index contributed by atoms with van der Waals surface area (Å²) >= 11 is 2.59. The zero-order valence-electron chi connectivity index (χ0n) is 6.38. The number of halogens is 4. The van der Waals surface area contributed by atoms with Gasteiger partial charge < -0.3 is 10.1 Å². The van der Waals surface area contributed by atoms with E-state index in [1.165, 1.54) is 0 Å². The van der Waals surface area contributed by atoms with Gasteiger partial charge in [-0.2, -0.15) is 13.2 Å². The first kappa shape index (κ1) is 10.9. The fraction of sp³-hybridized carbons (Fsp3) is 0.167. The molecule has 0 N–H and O–H groups in total. The van der Waals surface area contributed by atoms with Crippen LogP contribution < -0.4 is 0 Å². The number of rotatable bonds is 1. The van der Waals surface area contributed by atoms with E-state index in [-0.39, 0.29) is 0 Å². The van der Waals surface area contributed by atoms with Crippen molar-refractivity contribution in [1.29, 1.82) is 0 Å². The number of pyridine rings is 1. The van der Waals surface area contributed by atoms with Crippen molar-refractivity contribution in [3.05, 3.63) is 32.4 Å². The summed E-state index contributed by atoms with van der Waals surface area (Å²) in [6, 6.07) is 0.996. The molecule has 0 aliphatic heterocycles. The lowest BCUT2D eigenvalue weighted by molar-refractivity contribution is -0.392. The molecular weight excluding hydrogens is 269 g/mol. The molecule has 8 heteroatoms. The van der Waals surface area contributed by atoms with Crippen molar-refractivity contribution < 1.29 is 18.1 Å². The second kappa shape index (κ2) is 3.52. The second-order valence-electron chi connectivity index (χ2n) is 2.25. The van der Waals surface area contributed by atoms with E-state index in [0.29, 0.717) is 0 Å². The fourth-order valence-corrected chi connectivity index (χ4v) is 1.35. The van der Waals surface area contributed by atoms with Gasteiger partial charge in [0.05, 0.1) is 0 Å². The minimum atomic E-state index is -4.80. The maximum Gasteiger partial charge on any atom is 0.425 e. The molecule has 0 saturated carbocycles. The molecular formula is C6H2BrF3N2O2. The van der Waals surface area contributed by atoms with E-state index in [0.717, 1.165) is 12.3 Å². The highest BCUT2D eigenvalue weighted by Gasteiger charge is 2.41. The lowest BCUT2D eigenvalue weighted by Gasteiger charge is -2.07. The van der Waals surface area contributed by atoms with Crippen molar-refractivity contribution in [3.8, 4) is 0 Å². The first-order valence-electron chi connectivity index (χ1n) is 3.20. The molecule has 14 heavy (non-hydrogen) atoms. The topological polar surface area (TPSA) is 56.0 Å². The van der Waals surface area contributed by atoms with Gasteiger partial charge in [0.2, 0.25) is 0 Å². The van der Waals surface area contributed by atoms with Gasteiger partial charge in [0.1, 0.15) is 6.20 Å². The molecule has 1 aromatic rings. The highest BCUT2D eigenvalue weighted by Crippen LogP contribution is 2.39. The minimum absolute atomic E-state index is 0.397. The molecule has 0 saturated heterocycles. The molecule has 0 unspecified atom stereocenters. The van der Waals surface area contributed by atoms with Gasteiger partial charge in [-0.05, 0) is 31.9 Å². The van der Waals surface area contributed by atoms with E-state index in [2.05, 4.69) is 20.9 Å². The van der Waals surface area contributed by atoms with Gasteiger partial charge in [0.15, 0.2) is 5.56 Å². The average molecular weight is 271 g/mol. The number of hydrogen-bond acceptors (Lipinski definition) is 3. The molecule has 0 spiro atoms. The molecule has 0 aliphatic carbocycles. The Balaban J connectivity index is 3.45. The van der Waals surface area contributed by atoms with Gasteiger partial charge in [0, 0.05) is 4.47 Å². The summed E-state index contributed by atoms with van der Waals surface area (Å²) in [6.45, 7) is 0. The van der Waals surface area contributed by atoms with Crippen LogP contribution >= 0.6 is 15.9 Å². The van der Waals surface area contributed by atoms with Crippen LogP contribution in [-0.2, 0) is 6.18 Å². The molecule has 4 nitrogen and oxygen atoms in total. The SMILES string of the molecule is O=[N+]([O-])c1nccc(Br)c1C(F)(F)F. The number of alkyl halides is 3. The third-order valence-corrected chi connectivity index (χ3v) is 2.00. The maximum absolute atomic E-state index is 12.3. The Morgan fingerprint density at radius 2 is 2.07 bits per heavy atom. The van der Waals surface area contributed by atoms with Gasteiger partial charge in [0.25, 0.3) is 0 Å². The molecule has 0 amide bonds. The summed E-state index contributed by atoms with van der Waals surface area (Å²) in [5, 5.41) is 10.2. The highest BCUT2D eigenvalue weighted by atomic mass is 79.9. The van der Waals surface area contributed by atoms with E-state index in [4.69, 9.17) is 0 Å². The standard InChI is InChI=1S/C6H2BrF3N2O2/c7-3-1-2-11-5(12(13)14)4(3)6(8,9)10/h1-2H. The zero-order chi connectivity index (χ0) is 10.9. The lowest BCUT2D eigenvalue weighted by atomic mass is 10.2. The first-order valence-corrected chi connectivity index (χ1v) is 3.99. The van der Waals surface area contributed by atoms with Crippen LogP contribution in [0.1, 0.15) is 5.56 Å². The van der Waals surface area contributed by atoms with Crippen LogP contribution in [0, 0.1) is 10.1 Å². The largest absolute Gasteiger partial charge is 0.425 e. The zero-order valence-corrected chi connectivity index (χ0v) is 7.96. The number of nitrogens with zero attached hydrogens (tertiary/aromatic N) is 2. The van der Waals surface area contributed by atoms with Crippen molar-refractivity contribution >= 4 is 21.7 Å². The summed E-state index contributed by atoms with van der Waals surface area (Å²) in [5.74, 6) is -1.20. The van der Waals surface area contributed by atoms with E-state index in [1.54, 1.807) is 0 Å². The van der Waals surface area contributed by atoms with Gasteiger partial charge >= 0.3 is 12.0 Å². The van der Waals surface area contributed by atoms with Gasteiger partial charge in [-0.3, -0.25) is 0 Å². The smallest absolute Gasteiger partial charge is 0.358 e. The molecule has 76 valence electrons. The van der Waals surface area contributed by atoms with E-state index in [1.807, 2.05) is 0 Å². The van der Waals surface area contributed by atoms with Crippen molar-refractivity contribution in [3.63, 3.8) is 0 Å². The third kappa shape index (κ3) is 2.00. The van der Waals surface area contributed by atoms with Gasteiger partial charge in [-0.15, -0.1) is 0 Å². The minimum Gasteiger partial charge on any atom is -0.358 e. The Morgan fingerprint density at radius 1 is 1.50 bits per heavy atom. The van der Waals surface area contributed by atoms with Crippen LogP contribution in [0.15, 0.2) is 16.7 Å². The van der Waals surface area contributed by atoms with Crippen molar-refractivity contribution in [2.75, 3.05) is 0 Å². The molecule has 0 aromatic carbocycles. The summed E-state index contributed by atoms with van der Waals surface area (Å²) in [6.07, 6.45) is -3.87. The Labute approximate surface area is 84.0 Å². The molecule has 1 aromatic heterocycles. The fourth-order valence-electron chi connectivity index (χ4n) is 0.829. The molecule has 0 bridgehead atoms. The Bertz CT molecular complexity index is 380. The van der Waals surface area contributed by atoms with Gasteiger partial charge in [-0.1, -0.05) is 0 Å². The number of nitro groups is 1. The highest BCUT2D eigenvalue weighted by molar-refractivity contribution is 9.10. The summed E-state index contributed by atoms with van der Waals surface area (Å²) in [5.41, 5.74) is -1.37. The predicted octanol–water partition coefficient (Wildman–Crippen LogP) is 2.77. The van der Waals surface area contributed by atoms with E-state index < -0.39 is 27.0 Å². The summed E-state index contributed by atoms with van der Waals surface area (Å²) in [4.78, 5) is 12.1. The van der Waals surface area contributed by atoms with Crippen LogP contribution in [0.25, 0.3) is 0 Å². The van der Waals surface area contributed by atoms with Crippen LogP contribution in [0.3, 0.4) is 0 Å². The van der Waals surface area contributed by atoms with Crippen LogP contribution in [0.5, 0.6) is 0 Å². The molecule has 0 radical (unpaired) electrons. The Morgan fingerprint density at radius 3 is 2.43 bits per heavy atom. The van der Waals surface area contributed by atoms with Crippen LogP contribution in [0.2, 0.25) is 0 Å². The second-order valence-corrected chi connectivity index (χ2v) is 3.10. The lowest BCUT2D eigenvalue weighted by Crippen LogP contribution is -2.11. The first-order chi connectivity index (χ1) is 6.34. The molecule has 0 aliphatic rings. The van der Waals surface area contributed by atoms with E-state index >= 15 is 0 Å². The van der Waals surface area contributed by atoms with Crippen LogP contribution in [-0.4, -0.2) is 9.91 Å². The monoisotopic (exact) mass is 270 g/mol. The molecule has 0 fully saturated rings. The van der Waals surface area contributed by atoms with Crippen molar-refractivity contribution in [1.82, 2.24) is 4.98 Å². The summed E-state index contributed by atoms with van der Waals surface area (Å²) < 4.78 is 36.5. The Kier molecular flexibility index (Phi) is 2.74. The normalized spacial score (nSPS) is 11.4. The third-order valence-electron chi connectivity index (χ3n) is 1.34. The Hall–Kier alpha value is -1.18. The molecule has 1 rings (SSSR count). The summed E-state index contributed by atoms with van der Waals surface area (Å²) in [7, 11) is 0. The van der Waals surface area contributed by atoms with Crippen LogP contribution in [0.4, 0.5) is 19.0 Å². The van der Waals surface area contributed by atoms with Crippen molar-refractivity contribution in [2.24, 2.45) is 0 Å². The van der Waals surface area contributed by atoms with E-state index in [9.17, 15) is 23.3 Å². The predicted molar refractivity (Wildman–Crippen MR) is 43.6 cm³/mol. The molecule has 0 atom stereocenters.